The number of nitrogens with zero attached hydrogens (tertiary/aromatic N) is 3. The average Bonchev–Trinajstić information content (AvgIpc) is 3.14. The molecule has 1 saturated carbocycles. The van der Waals surface area contributed by atoms with Crippen molar-refractivity contribution in [1.82, 2.24) is 20.2 Å². The maximum Gasteiger partial charge on any atom is 0.319 e. The summed E-state index contributed by atoms with van der Waals surface area (Å²) in [4.78, 5) is 8.45. The van der Waals surface area contributed by atoms with Gasteiger partial charge in [0, 0.05) is 37.9 Å². The molecule has 0 bridgehead atoms. The SMILES string of the molecule is CCCCN=C(NCCc1nccn1C(F)F)NC1CC1.I. The lowest BCUT2D eigenvalue weighted by Crippen LogP contribution is -2.40. The van der Waals surface area contributed by atoms with Gasteiger partial charge in [-0.15, -0.1) is 24.0 Å². The molecule has 2 N–H and O–H groups in total. The molecule has 22 heavy (non-hydrogen) atoms. The van der Waals surface area contributed by atoms with Gasteiger partial charge >= 0.3 is 6.55 Å². The fourth-order valence-electron chi connectivity index (χ4n) is 1.93. The van der Waals surface area contributed by atoms with E-state index >= 15 is 0 Å². The fraction of sp³-hybridized carbons (Fsp3) is 0.714. The van der Waals surface area contributed by atoms with Crippen molar-refractivity contribution < 1.29 is 8.78 Å². The first-order valence-electron chi connectivity index (χ1n) is 7.55. The second kappa shape index (κ2) is 9.96. The minimum atomic E-state index is -2.54. The number of alkyl halides is 2. The first-order chi connectivity index (χ1) is 10.2. The van der Waals surface area contributed by atoms with Gasteiger partial charge in [-0.05, 0) is 19.3 Å². The van der Waals surface area contributed by atoms with Crippen LogP contribution in [-0.2, 0) is 6.42 Å². The van der Waals surface area contributed by atoms with Crippen LogP contribution in [0, 0.1) is 0 Å². The minimum absolute atomic E-state index is 0. The molecule has 0 aromatic carbocycles. The number of aromatic nitrogens is 2. The summed E-state index contributed by atoms with van der Waals surface area (Å²) < 4.78 is 26.3. The van der Waals surface area contributed by atoms with Gasteiger partial charge in [0.05, 0.1) is 0 Å². The second-order valence-electron chi connectivity index (χ2n) is 5.21. The molecule has 0 radical (unpaired) electrons. The van der Waals surface area contributed by atoms with E-state index in [1.165, 1.54) is 25.2 Å². The number of guanidine groups is 1. The predicted molar refractivity (Wildman–Crippen MR) is 94.0 cm³/mol. The zero-order chi connectivity index (χ0) is 15.1. The average molecular weight is 427 g/mol. The van der Waals surface area contributed by atoms with Gasteiger partial charge < -0.3 is 10.6 Å². The Labute approximate surface area is 147 Å². The molecule has 0 amide bonds. The van der Waals surface area contributed by atoms with Crippen LogP contribution >= 0.6 is 24.0 Å². The quantitative estimate of drug-likeness (QED) is 0.290. The van der Waals surface area contributed by atoms with Crippen LogP contribution in [0.25, 0.3) is 0 Å². The Kier molecular flexibility index (Phi) is 8.66. The van der Waals surface area contributed by atoms with Crippen molar-refractivity contribution >= 4 is 29.9 Å². The molecule has 0 saturated heterocycles. The molecular weight excluding hydrogens is 403 g/mol. The van der Waals surface area contributed by atoms with Crippen LogP contribution in [-0.4, -0.2) is 34.6 Å². The largest absolute Gasteiger partial charge is 0.356 e. The molecule has 8 heteroatoms. The Balaban J connectivity index is 0.00000242. The zero-order valence-electron chi connectivity index (χ0n) is 12.8. The highest BCUT2D eigenvalue weighted by atomic mass is 127. The molecule has 1 aliphatic carbocycles. The maximum atomic E-state index is 12.7. The topological polar surface area (TPSA) is 54.2 Å². The third-order valence-corrected chi connectivity index (χ3v) is 3.30. The Bertz CT molecular complexity index is 460. The maximum absolute atomic E-state index is 12.7. The molecule has 1 fully saturated rings. The second-order valence-corrected chi connectivity index (χ2v) is 5.21. The Morgan fingerprint density at radius 2 is 2.27 bits per heavy atom. The van der Waals surface area contributed by atoms with Crippen LogP contribution in [0.1, 0.15) is 45.0 Å². The van der Waals surface area contributed by atoms with E-state index in [1.807, 2.05) is 0 Å². The smallest absolute Gasteiger partial charge is 0.319 e. The highest BCUT2D eigenvalue weighted by molar-refractivity contribution is 14.0. The summed E-state index contributed by atoms with van der Waals surface area (Å²) in [6.07, 6.45) is 7.64. The van der Waals surface area contributed by atoms with E-state index in [0.717, 1.165) is 29.9 Å². The summed E-state index contributed by atoms with van der Waals surface area (Å²) in [5, 5.41) is 6.53. The number of aliphatic imine (C=N–C) groups is 1. The van der Waals surface area contributed by atoms with Crippen molar-refractivity contribution in [2.24, 2.45) is 4.99 Å². The van der Waals surface area contributed by atoms with E-state index in [-0.39, 0.29) is 24.0 Å². The number of imidazole rings is 1. The standard InChI is InChI=1S/C14H23F2N5.HI/c1-2-3-7-18-14(20-11-4-5-11)19-8-6-12-17-9-10-21(12)13(15)16;/h9-11,13H,2-8H2,1H3,(H2,18,19,20);1H. The van der Waals surface area contributed by atoms with Gasteiger partial charge in [-0.2, -0.15) is 8.78 Å². The number of halogens is 3. The van der Waals surface area contributed by atoms with Crippen molar-refractivity contribution in [2.45, 2.75) is 51.6 Å². The van der Waals surface area contributed by atoms with Gasteiger partial charge in [0.1, 0.15) is 5.82 Å². The van der Waals surface area contributed by atoms with Gasteiger partial charge in [-0.1, -0.05) is 13.3 Å². The van der Waals surface area contributed by atoms with E-state index in [9.17, 15) is 8.78 Å². The Morgan fingerprint density at radius 1 is 1.50 bits per heavy atom. The zero-order valence-corrected chi connectivity index (χ0v) is 15.1. The van der Waals surface area contributed by atoms with Crippen molar-refractivity contribution in [3.05, 3.63) is 18.2 Å². The summed E-state index contributed by atoms with van der Waals surface area (Å²) in [5.41, 5.74) is 0. The molecule has 0 aliphatic heterocycles. The molecule has 1 aromatic rings. The van der Waals surface area contributed by atoms with Crippen molar-refractivity contribution in [3.8, 4) is 0 Å². The third-order valence-electron chi connectivity index (χ3n) is 3.30. The number of hydrogen-bond donors (Lipinski definition) is 2. The first kappa shape index (κ1) is 19.1. The molecule has 0 unspecified atom stereocenters. The van der Waals surface area contributed by atoms with Crippen molar-refractivity contribution in [3.63, 3.8) is 0 Å². The summed E-state index contributed by atoms with van der Waals surface area (Å²) >= 11 is 0. The van der Waals surface area contributed by atoms with E-state index in [2.05, 4.69) is 27.5 Å². The van der Waals surface area contributed by atoms with E-state index < -0.39 is 6.55 Å². The van der Waals surface area contributed by atoms with Crippen LogP contribution in [0.5, 0.6) is 0 Å². The molecule has 0 spiro atoms. The summed E-state index contributed by atoms with van der Waals surface area (Å²) in [7, 11) is 0. The monoisotopic (exact) mass is 427 g/mol. The van der Waals surface area contributed by atoms with Crippen LogP contribution in [0.3, 0.4) is 0 Å². The number of nitrogens with one attached hydrogen (secondary N) is 2. The van der Waals surface area contributed by atoms with Gasteiger partial charge in [0.15, 0.2) is 5.96 Å². The number of unbranched alkanes of at least 4 members (excludes halogenated alkanes) is 1. The van der Waals surface area contributed by atoms with Crippen LogP contribution < -0.4 is 10.6 Å². The van der Waals surface area contributed by atoms with Crippen LogP contribution in [0.4, 0.5) is 8.78 Å². The number of hydrogen-bond acceptors (Lipinski definition) is 2. The van der Waals surface area contributed by atoms with E-state index in [0.29, 0.717) is 24.8 Å². The van der Waals surface area contributed by atoms with Gasteiger partial charge in [0.2, 0.25) is 0 Å². The molecule has 0 atom stereocenters. The lowest BCUT2D eigenvalue weighted by atomic mass is 10.3. The molecule has 5 nitrogen and oxygen atoms in total. The Hall–Kier alpha value is -0.930. The summed E-state index contributed by atoms with van der Waals surface area (Å²) in [6.45, 7) is 0.907. The van der Waals surface area contributed by atoms with E-state index in [1.54, 1.807) is 0 Å². The molecule has 2 rings (SSSR count). The molecule has 126 valence electrons. The molecule has 1 aliphatic rings. The summed E-state index contributed by atoms with van der Waals surface area (Å²) in [6, 6.07) is 0.515. The van der Waals surface area contributed by atoms with E-state index in [4.69, 9.17) is 0 Å². The van der Waals surface area contributed by atoms with Crippen molar-refractivity contribution in [2.75, 3.05) is 13.1 Å². The van der Waals surface area contributed by atoms with Crippen LogP contribution in [0.2, 0.25) is 0 Å². The van der Waals surface area contributed by atoms with Gasteiger partial charge in [-0.25, -0.2) is 4.98 Å². The van der Waals surface area contributed by atoms with Crippen molar-refractivity contribution in [1.29, 1.82) is 0 Å². The predicted octanol–water partition coefficient (Wildman–Crippen LogP) is 2.94. The van der Waals surface area contributed by atoms with Crippen LogP contribution in [0.15, 0.2) is 17.4 Å². The molecule has 1 heterocycles. The molecule has 1 aromatic heterocycles. The lowest BCUT2D eigenvalue weighted by molar-refractivity contribution is 0.0670. The minimum Gasteiger partial charge on any atom is -0.356 e. The van der Waals surface area contributed by atoms with Gasteiger partial charge in [0.25, 0.3) is 0 Å². The normalized spacial score (nSPS) is 14.8. The highest BCUT2D eigenvalue weighted by Gasteiger charge is 2.22. The lowest BCUT2D eigenvalue weighted by Gasteiger charge is -2.12. The first-order valence-corrected chi connectivity index (χ1v) is 7.55. The highest BCUT2D eigenvalue weighted by Crippen LogP contribution is 2.18. The molecular formula is C14H24F2IN5. The third kappa shape index (κ3) is 6.45. The van der Waals surface area contributed by atoms with Gasteiger partial charge in [-0.3, -0.25) is 9.56 Å². The Morgan fingerprint density at radius 3 is 2.91 bits per heavy atom. The summed E-state index contributed by atoms with van der Waals surface area (Å²) in [5.74, 6) is 1.16. The fourth-order valence-corrected chi connectivity index (χ4v) is 1.93. The number of rotatable bonds is 8.